The zero-order valence-electron chi connectivity index (χ0n) is 12.0. The van der Waals surface area contributed by atoms with E-state index in [1.807, 2.05) is 36.1 Å². The summed E-state index contributed by atoms with van der Waals surface area (Å²) in [5.74, 6) is 0.525. The lowest BCUT2D eigenvalue weighted by Crippen LogP contribution is -2.27. The van der Waals surface area contributed by atoms with Crippen LogP contribution in [-0.2, 0) is 0 Å². The van der Waals surface area contributed by atoms with Crippen molar-refractivity contribution in [1.29, 1.82) is 0 Å². The van der Waals surface area contributed by atoms with Crippen molar-refractivity contribution >= 4 is 17.5 Å². The molecule has 1 N–H and O–H groups in total. The van der Waals surface area contributed by atoms with E-state index in [-0.39, 0.29) is 5.91 Å². The van der Waals surface area contributed by atoms with Crippen molar-refractivity contribution < 1.29 is 4.79 Å². The summed E-state index contributed by atoms with van der Waals surface area (Å²) in [4.78, 5) is 22.5. The fourth-order valence-electron chi connectivity index (χ4n) is 2.44. The summed E-state index contributed by atoms with van der Waals surface area (Å²) in [6.07, 6.45) is 5.35. The molecule has 0 spiro atoms. The van der Waals surface area contributed by atoms with E-state index < -0.39 is 0 Å². The first-order valence-corrected chi connectivity index (χ1v) is 7.18. The van der Waals surface area contributed by atoms with Crippen LogP contribution in [0.5, 0.6) is 0 Å². The Kier molecular flexibility index (Phi) is 3.81. The molecule has 108 valence electrons. The highest BCUT2D eigenvalue weighted by Crippen LogP contribution is 2.17. The molecule has 1 saturated heterocycles. The fourth-order valence-corrected chi connectivity index (χ4v) is 2.44. The van der Waals surface area contributed by atoms with Crippen LogP contribution < -0.4 is 5.32 Å². The third-order valence-corrected chi connectivity index (χ3v) is 3.68. The number of nitrogens with zero attached hydrogens (tertiary/aromatic N) is 3. The van der Waals surface area contributed by atoms with Crippen LogP contribution >= 0.6 is 0 Å². The Labute approximate surface area is 124 Å². The average molecular weight is 282 g/mol. The second-order valence-corrected chi connectivity index (χ2v) is 5.23. The molecule has 3 rings (SSSR count). The van der Waals surface area contributed by atoms with E-state index in [0.29, 0.717) is 11.5 Å². The zero-order chi connectivity index (χ0) is 14.7. The number of amides is 1. The maximum Gasteiger partial charge on any atom is 0.256 e. The highest BCUT2D eigenvalue weighted by Gasteiger charge is 2.19. The Morgan fingerprint density at radius 3 is 2.48 bits per heavy atom. The van der Waals surface area contributed by atoms with Crippen molar-refractivity contribution in [3.63, 3.8) is 0 Å². The van der Waals surface area contributed by atoms with Gasteiger partial charge in [0, 0.05) is 31.2 Å². The first-order chi connectivity index (χ1) is 10.2. The van der Waals surface area contributed by atoms with Crippen molar-refractivity contribution in [3.05, 3.63) is 47.8 Å². The Balaban J connectivity index is 1.72. The van der Waals surface area contributed by atoms with Gasteiger partial charge in [-0.2, -0.15) is 0 Å². The van der Waals surface area contributed by atoms with Crippen molar-refractivity contribution in [2.75, 3.05) is 18.4 Å². The zero-order valence-corrected chi connectivity index (χ0v) is 12.0. The summed E-state index contributed by atoms with van der Waals surface area (Å²) in [6.45, 7) is 3.69. The molecule has 1 fully saturated rings. The molecule has 1 amide bonds. The minimum absolute atomic E-state index is 0.0231. The van der Waals surface area contributed by atoms with E-state index in [2.05, 4.69) is 15.3 Å². The topological polar surface area (TPSA) is 58.1 Å². The molecule has 2 heterocycles. The number of benzene rings is 1. The molecule has 5 nitrogen and oxygen atoms in total. The number of aryl methyl sites for hydroxylation is 1. The predicted octanol–water partition coefficient (Wildman–Crippen LogP) is 2.76. The largest absolute Gasteiger partial charge is 0.339 e. The molecular weight excluding hydrogens is 264 g/mol. The van der Waals surface area contributed by atoms with Crippen LogP contribution in [0.25, 0.3) is 0 Å². The van der Waals surface area contributed by atoms with E-state index in [9.17, 15) is 4.79 Å². The molecule has 1 aromatic heterocycles. The van der Waals surface area contributed by atoms with Crippen molar-refractivity contribution in [1.82, 2.24) is 14.9 Å². The number of carbonyl (C=O) groups is 1. The monoisotopic (exact) mass is 282 g/mol. The maximum absolute atomic E-state index is 12.2. The molecule has 21 heavy (non-hydrogen) atoms. The number of nitrogens with one attached hydrogen (secondary N) is 1. The minimum Gasteiger partial charge on any atom is -0.339 e. The molecule has 0 unspecified atom stereocenters. The summed E-state index contributed by atoms with van der Waals surface area (Å²) in [5.41, 5.74) is 2.64. The third-order valence-electron chi connectivity index (χ3n) is 3.68. The van der Waals surface area contributed by atoms with Crippen LogP contribution in [0.1, 0.15) is 28.8 Å². The summed E-state index contributed by atoms with van der Waals surface area (Å²) in [6, 6.07) is 7.94. The standard InChI is InChI=1S/C16H18N4O/c1-12-6-2-3-7-14(12)19-16-17-10-13(11-18-16)15(21)20-8-4-5-9-20/h2-3,6-7,10-11H,4-5,8-9H2,1H3,(H,17,18,19). The van der Waals surface area contributed by atoms with Crippen molar-refractivity contribution in [2.45, 2.75) is 19.8 Å². The van der Waals surface area contributed by atoms with Gasteiger partial charge in [-0.25, -0.2) is 9.97 Å². The van der Waals surface area contributed by atoms with Gasteiger partial charge in [0.05, 0.1) is 5.56 Å². The molecule has 0 radical (unpaired) electrons. The first-order valence-electron chi connectivity index (χ1n) is 7.18. The molecule has 1 aliphatic heterocycles. The summed E-state index contributed by atoms with van der Waals surface area (Å²) in [5, 5.41) is 3.16. The third kappa shape index (κ3) is 3.02. The molecular formula is C16H18N4O. The number of hydrogen-bond acceptors (Lipinski definition) is 4. The van der Waals surface area contributed by atoms with Crippen molar-refractivity contribution in [2.24, 2.45) is 0 Å². The predicted molar refractivity (Wildman–Crippen MR) is 81.6 cm³/mol. The van der Waals surface area contributed by atoms with Crippen LogP contribution in [0.4, 0.5) is 11.6 Å². The smallest absolute Gasteiger partial charge is 0.256 e. The van der Waals surface area contributed by atoms with Crippen LogP contribution in [0.2, 0.25) is 0 Å². The minimum atomic E-state index is 0.0231. The van der Waals surface area contributed by atoms with Gasteiger partial charge in [-0.1, -0.05) is 18.2 Å². The van der Waals surface area contributed by atoms with Gasteiger partial charge in [-0.15, -0.1) is 0 Å². The Hall–Kier alpha value is -2.43. The average Bonchev–Trinajstić information content (AvgIpc) is 3.04. The molecule has 2 aromatic rings. The molecule has 5 heteroatoms. The highest BCUT2D eigenvalue weighted by atomic mass is 16.2. The first kappa shape index (κ1) is 13.5. The number of carbonyl (C=O) groups excluding carboxylic acids is 1. The number of anilines is 2. The molecule has 1 aromatic carbocycles. The quantitative estimate of drug-likeness (QED) is 0.940. The normalized spacial score (nSPS) is 14.2. The highest BCUT2D eigenvalue weighted by molar-refractivity contribution is 5.93. The fraction of sp³-hybridized carbons (Fsp3) is 0.312. The van der Waals surface area contributed by atoms with Crippen LogP contribution in [0.15, 0.2) is 36.7 Å². The van der Waals surface area contributed by atoms with Gasteiger partial charge in [0.15, 0.2) is 0 Å². The van der Waals surface area contributed by atoms with E-state index >= 15 is 0 Å². The molecule has 0 bridgehead atoms. The van der Waals surface area contributed by atoms with E-state index in [4.69, 9.17) is 0 Å². The van der Waals surface area contributed by atoms with Gasteiger partial charge in [-0.3, -0.25) is 4.79 Å². The summed E-state index contributed by atoms with van der Waals surface area (Å²) < 4.78 is 0. The number of para-hydroxylation sites is 1. The molecule has 0 saturated carbocycles. The number of aromatic nitrogens is 2. The lowest BCUT2D eigenvalue weighted by atomic mass is 10.2. The van der Waals surface area contributed by atoms with Gasteiger partial charge < -0.3 is 10.2 Å². The van der Waals surface area contributed by atoms with E-state index in [1.54, 1.807) is 12.4 Å². The number of rotatable bonds is 3. The SMILES string of the molecule is Cc1ccccc1Nc1ncc(C(=O)N2CCCC2)cn1. The van der Waals surface area contributed by atoms with Crippen LogP contribution in [0.3, 0.4) is 0 Å². The Morgan fingerprint density at radius 1 is 1.14 bits per heavy atom. The van der Waals surface area contributed by atoms with Gasteiger partial charge in [0.2, 0.25) is 5.95 Å². The molecule has 1 aliphatic rings. The number of likely N-dealkylation sites (tertiary alicyclic amines) is 1. The van der Waals surface area contributed by atoms with E-state index in [0.717, 1.165) is 37.2 Å². The molecule has 0 aliphatic carbocycles. The van der Waals surface area contributed by atoms with Gasteiger partial charge >= 0.3 is 0 Å². The Bertz CT molecular complexity index is 633. The maximum atomic E-state index is 12.2. The summed E-state index contributed by atoms with van der Waals surface area (Å²) in [7, 11) is 0. The van der Waals surface area contributed by atoms with E-state index in [1.165, 1.54) is 0 Å². The van der Waals surface area contributed by atoms with Crippen molar-refractivity contribution in [3.8, 4) is 0 Å². The number of hydrogen-bond donors (Lipinski definition) is 1. The Morgan fingerprint density at radius 2 is 1.81 bits per heavy atom. The van der Waals surface area contributed by atoms with Gasteiger partial charge in [0.25, 0.3) is 5.91 Å². The van der Waals surface area contributed by atoms with Gasteiger partial charge in [-0.05, 0) is 31.4 Å². The lowest BCUT2D eigenvalue weighted by Gasteiger charge is -2.14. The summed E-state index contributed by atoms with van der Waals surface area (Å²) >= 11 is 0. The van der Waals surface area contributed by atoms with Crippen LogP contribution in [-0.4, -0.2) is 33.9 Å². The lowest BCUT2D eigenvalue weighted by molar-refractivity contribution is 0.0792. The van der Waals surface area contributed by atoms with Crippen LogP contribution in [0, 0.1) is 6.92 Å². The second-order valence-electron chi connectivity index (χ2n) is 5.23. The van der Waals surface area contributed by atoms with Gasteiger partial charge in [0.1, 0.15) is 0 Å². The second kappa shape index (κ2) is 5.91. The molecule has 0 atom stereocenters.